The molecule has 5 rings (SSSR count). The smallest absolute Gasteiger partial charge is 0.247 e. The molecule has 0 bridgehead atoms. The molecule has 36 heavy (non-hydrogen) atoms. The molecule has 1 amide bonds. The third kappa shape index (κ3) is 5.17. The summed E-state index contributed by atoms with van der Waals surface area (Å²) in [6, 6.07) is 19.1. The molecule has 182 valence electrons. The van der Waals surface area contributed by atoms with Crippen molar-refractivity contribution in [2.24, 2.45) is 0 Å². The topological polar surface area (TPSA) is 113 Å². The summed E-state index contributed by atoms with van der Waals surface area (Å²) in [6.07, 6.45) is 2.77. The van der Waals surface area contributed by atoms with Gasteiger partial charge in [0.25, 0.3) is 0 Å². The molecule has 3 N–H and O–H groups in total. The first kappa shape index (κ1) is 23.4. The maximum Gasteiger partial charge on any atom is 0.247 e. The second-order valence-electron chi connectivity index (χ2n) is 8.34. The van der Waals surface area contributed by atoms with Crippen LogP contribution in [-0.4, -0.2) is 58.4 Å². The molecule has 0 unspecified atom stereocenters. The van der Waals surface area contributed by atoms with Gasteiger partial charge in [-0.25, -0.2) is 15.0 Å². The van der Waals surface area contributed by atoms with Crippen LogP contribution in [0.15, 0.2) is 79.5 Å². The molecule has 0 spiro atoms. The van der Waals surface area contributed by atoms with Crippen molar-refractivity contribution >= 4 is 40.0 Å². The van der Waals surface area contributed by atoms with E-state index in [-0.39, 0.29) is 18.6 Å². The lowest BCUT2D eigenvalue weighted by Crippen LogP contribution is -2.44. The fourth-order valence-corrected chi connectivity index (χ4v) is 4.10. The first-order valence-corrected chi connectivity index (χ1v) is 11.6. The van der Waals surface area contributed by atoms with Gasteiger partial charge in [-0.2, -0.15) is 0 Å². The van der Waals surface area contributed by atoms with E-state index in [1.807, 2.05) is 60.7 Å². The standard InChI is InChI=1S/C27H26N6O3/c1-2-25(35)29-19-7-5-6-18(14-19)26-22-8-3-4-9-23(22)31-27(32-26)30-20-10-11-24(28-15-20)33-12-13-36-21(16-33)17-34/h2-11,14-15,21,34H,1,12-13,16-17H2,(H,29,35)(H,30,31,32)/t21-/m0/s1. The highest BCUT2D eigenvalue weighted by molar-refractivity contribution is 6.00. The average Bonchev–Trinajstić information content (AvgIpc) is 2.93. The molecule has 0 aliphatic carbocycles. The van der Waals surface area contributed by atoms with Crippen molar-refractivity contribution < 1.29 is 14.6 Å². The maximum absolute atomic E-state index is 11.8. The lowest BCUT2D eigenvalue weighted by Gasteiger charge is -2.32. The van der Waals surface area contributed by atoms with Crippen LogP contribution in [0.1, 0.15) is 0 Å². The molecule has 9 nitrogen and oxygen atoms in total. The van der Waals surface area contributed by atoms with Gasteiger partial charge in [-0.1, -0.05) is 36.9 Å². The SMILES string of the molecule is C=CC(=O)Nc1cccc(-c2nc(Nc3ccc(N4CCO[C@H](CO)C4)nc3)nc3ccccc23)c1. The minimum absolute atomic E-state index is 0.0126. The number of benzene rings is 2. The number of nitrogens with zero attached hydrogens (tertiary/aromatic N) is 4. The van der Waals surface area contributed by atoms with E-state index in [2.05, 4.69) is 32.1 Å². The predicted molar refractivity (Wildman–Crippen MR) is 140 cm³/mol. The number of aliphatic hydroxyl groups excluding tert-OH is 1. The summed E-state index contributed by atoms with van der Waals surface area (Å²) in [5.41, 5.74) is 3.78. The lowest BCUT2D eigenvalue weighted by molar-refractivity contribution is -0.111. The molecule has 3 heterocycles. The van der Waals surface area contributed by atoms with E-state index >= 15 is 0 Å². The zero-order valence-electron chi connectivity index (χ0n) is 19.6. The van der Waals surface area contributed by atoms with E-state index in [0.717, 1.165) is 40.2 Å². The van der Waals surface area contributed by atoms with Gasteiger partial charge in [0.2, 0.25) is 11.9 Å². The minimum atomic E-state index is -0.276. The normalized spacial score (nSPS) is 15.5. The Balaban J connectivity index is 1.43. The second kappa shape index (κ2) is 10.5. The molecular weight excluding hydrogens is 456 g/mol. The predicted octanol–water partition coefficient (Wildman–Crippen LogP) is 3.76. The van der Waals surface area contributed by atoms with Crippen LogP contribution >= 0.6 is 0 Å². The van der Waals surface area contributed by atoms with Gasteiger partial charge in [0, 0.05) is 29.7 Å². The fraction of sp³-hybridized carbons (Fsp3) is 0.185. The van der Waals surface area contributed by atoms with E-state index in [1.165, 1.54) is 6.08 Å². The number of rotatable bonds is 7. The van der Waals surface area contributed by atoms with Gasteiger partial charge >= 0.3 is 0 Å². The van der Waals surface area contributed by atoms with Crippen molar-refractivity contribution in [2.45, 2.75) is 6.10 Å². The quantitative estimate of drug-likeness (QED) is 0.342. The number of carbonyl (C=O) groups excluding carboxylic acids is 1. The zero-order valence-corrected chi connectivity index (χ0v) is 19.6. The summed E-state index contributed by atoms with van der Waals surface area (Å²) >= 11 is 0. The van der Waals surface area contributed by atoms with Gasteiger partial charge in [0.15, 0.2) is 0 Å². The van der Waals surface area contributed by atoms with E-state index in [9.17, 15) is 9.90 Å². The summed E-state index contributed by atoms with van der Waals surface area (Å²) in [6.45, 7) is 5.37. The minimum Gasteiger partial charge on any atom is -0.394 e. The number of para-hydroxylation sites is 1. The van der Waals surface area contributed by atoms with Crippen molar-refractivity contribution in [1.29, 1.82) is 0 Å². The highest BCUT2D eigenvalue weighted by atomic mass is 16.5. The molecule has 1 aliphatic rings. The Morgan fingerprint density at radius 3 is 2.83 bits per heavy atom. The van der Waals surface area contributed by atoms with E-state index in [1.54, 1.807) is 6.20 Å². The molecule has 2 aromatic carbocycles. The summed E-state index contributed by atoms with van der Waals surface area (Å²) in [5.74, 6) is 0.980. The summed E-state index contributed by atoms with van der Waals surface area (Å²) in [5, 5.41) is 16.3. The fourth-order valence-electron chi connectivity index (χ4n) is 4.10. The molecule has 9 heteroatoms. The lowest BCUT2D eigenvalue weighted by atomic mass is 10.1. The van der Waals surface area contributed by atoms with Crippen molar-refractivity contribution in [3.63, 3.8) is 0 Å². The molecule has 1 atom stereocenters. The number of hydrogen-bond acceptors (Lipinski definition) is 8. The first-order valence-electron chi connectivity index (χ1n) is 11.6. The molecule has 1 fully saturated rings. The molecule has 0 saturated carbocycles. The number of nitrogens with one attached hydrogen (secondary N) is 2. The van der Waals surface area contributed by atoms with Crippen molar-refractivity contribution in [1.82, 2.24) is 15.0 Å². The van der Waals surface area contributed by atoms with Crippen molar-refractivity contribution in [3.05, 3.63) is 79.5 Å². The molecule has 1 saturated heterocycles. The monoisotopic (exact) mass is 482 g/mol. The Morgan fingerprint density at radius 1 is 1.14 bits per heavy atom. The summed E-state index contributed by atoms with van der Waals surface area (Å²) in [4.78, 5) is 27.9. The third-order valence-electron chi connectivity index (χ3n) is 5.86. The van der Waals surface area contributed by atoms with Gasteiger partial charge in [-0.15, -0.1) is 0 Å². The number of pyridine rings is 1. The van der Waals surface area contributed by atoms with Gasteiger partial charge in [-0.05, 0) is 36.4 Å². The molecule has 0 radical (unpaired) electrons. The number of anilines is 4. The number of fused-ring (bicyclic) bond motifs is 1. The average molecular weight is 483 g/mol. The van der Waals surface area contributed by atoms with Crippen LogP contribution in [0.2, 0.25) is 0 Å². The zero-order chi connectivity index (χ0) is 24.9. The highest BCUT2D eigenvalue weighted by Gasteiger charge is 2.20. The molecular formula is C27H26N6O3. The van der Waals surface area contributed by atoms with Crippen LogP contribution in [0.5, 0.6) is 0 Å². The van der Waals surface area contributed by atoms with Crippen LogP contribution in [0.3, 0.4) is 0 Å². The van der Waals surface area contributed by atoms with Crippen LogP contribution < -0.4 is 15.5 Å². The van der Waals surface area contributed by atoms with Crippen LogP contribution in [0, 0.1) is 0 Å². The Hall–Kier alpha value is -4.34. The number of amides is 1. The maximum atomic E-state index is 11.8. The van der Waals surface area contributed by atoms with Crippen LogP contribution in [-0.2, 0) is 9.53 Å². The largest absolute Gasteiger partial charge is 0.394 e. The highest BCUT2D eigenvalue weighted by Crippen LogP contribution is 2.30. The number of aliphatic hydroxyl groups is 1. The number of hydrogen-bond donors (Lipinski definition) is 3. The van der Waals surface area contributed by atoms with Crippen molar-refractivity contribution in [3.8, 4) is 11.3 Å². The van der Waals surface area contributed by atoms with Gasteiger partial charge in [0.1, 0.15) is 5.82 Å². The van der Waals surface area contributed by atoms with Gasteiger partial charge in [-0.3, -0.25) is 4.79 Å². The van der Waals surface area contributed by atoms with Crippen LogP contribution in [0.4, 0.5) is 23.1 Å². The number of ether oxygens (including phenoxy) is 1. The number of morpholine rings is 1. The van der Waals surface area contributed by atoms with Gasteiger partial charge < -0.3 is 25.4 Å². The van der Waals surface area contributed by atoms with Crippen LogP contribution in [0.25, 0.3) is 22.2 Å². The summed E-state index contributed by atoms with van der Waals surface area (Å²) < 4.78 is 5.52. The van der Waals surface area contributed by atoms with Crippen molar-refractivity contribution in [2.75, 3.05) is 41.8 Å². The Kier molecular flexibility index (Phi) is 6.83. The Morgan fingerprint density at radius 2 is 2.03 bits per heavy atom. The van der Waals surface area contributed by atoms with E-state index in [4.69, 9.17) is 9.72 Å². The first-order chi connectivity index (χ1) is 17.6. The number of carbonyl (C=O) groups is 1. The molecule has 4 aromatic rings. The van der Waals surface area contributed by atoms with Gasteiger partial charge in [0.05, 0.1) is 42.4 Å². The van der Waals surface area contributed by atoms with E-state index in [0.29, 0.717) is 24.8 Å². The Bertz CT molecular complexity index is 1390. The molecule has 1 aliphatic heterocycles. The number of aromatic nitrogens is 3. The third-order valence-corrected chi connectivity index (χ3v) is 5.86. The summed E-state index contributed by atoms with van der Waals surface area (Å²) in [7, 11) is 0. The Labute approximate surface area is 208 Å². The second-order valence-corrected chi connectivity index (χ2v) is 8.34. The molecule has 2 aromatic heterocycles. The van der Waals surface area contributed by atoms with E-state index < -0.39 is 0 Å².